The number of hydrogen-bond donors (Lipinski definition) is 4. The Balaban J connectivity index is 1.81. The van der Waals surface area contributed by atoms with Crippen LogP contribution in [0.5, 0.6) is 34.5 Å². The summed E-state index contributed by atoms with van der Waals surface area (Å²) in [6.45, 7) is 0. The van der Waals surface area contributed by atoms with Gasteiger partial charge in [0.15, 0.2) is 0 Å². The summed E-state index contributed by atoms with van der Waals surface area (Å²) in [6, 6.07) is 22.5. The van der Waals surface area contributed by atoms with Crippen molar-refractivity contribution in [2.75, 3.05) is 21.3 Å². The third-order valence-corrected chi connectivity index (χ3v) is 7.40. The van der Waals surface area contributed by atoms with Crippen LogP contribution in [-0.4, -0.2) is 41.8 Å². The van der Waals surface area contributed by atoms with Crippen LogP contribution < -0.4 is 9.47 Å². The van der Waals surface area contributed by atoms with Gasteiger partial charge in [0.1, 0.15) is 34.5 Å². The van der Waals surface area contributed by atoms with Crippen molar-refractivity contribution in [3.8, 4) is 34.5 Å². The van der Waals surface area contributed by atoms with E-state index in [1.807, 2.05) is 36.4 Å². The number of benzene rings is 4. The first-order valence-electron chi connectivity index (χ1n) is 12.2. The molecular weight excluding hydrogens is 484 g/mol. The van der Waals surface area contributed by atoms with Gasteiger partial charge in [0.25, 0.3) is 0 Å². The second-order valence-corrected chi connectivity index (χ2v) is 9.48. The third kappa shape index (κ3) is 4.46. The van der Waals surface area contributed by atoms with Crippen LogP contribution in [-0.2, 0) is 4.74 Å². The van der Waals surface area contributed by atoms with Crippen LogP contribution in [0.1, 0.15) is 51.7 Å². The first-order chi connectivity index (χ1) is 18.3. The Hall–Kier alpha value is -4.36. The van der Waals surface area contributed by atoms with Crippen molar-refractivity contribution in [3.63, 3.8) is 0 Å². The van der Waals surface area contributed by atoms with Gasteiger partial charge >= 0.3 is 0 Å². The molecule has 0 spiro atoms. The first kappa shape index (κ1) is 25.3. The van der Waals surface area contributed by atoms with E-state index in [1.54, 1.807) is 57.7 Å². The monoisotopic (exact) mass is 514 g/mol. The van der Waals surface area contributed by atoms with Crippen molar-refractivity contribution >= 4 is 0 Å². The molecule has 0 radical (unpaired) electrons. The summed E-state index contributed by atoms with van der Waals surface area (Å²) in [5.74, 6) is 0.397. The fraction of sp³-hybridized carbons (Fsp3) is 0.226. The highest BCUT2D eigenvalue weighted by Crippen LogP contribution is 2.62. The van der Waals surface area contributed by atoms with Gasteiger partial charge in [-0.3, -0.25) is 0 Å². The summed E-state index contributed by atoms with van der Waals surface area (Å²) in [7, 11) is 4.81. The molecule has 38 heavy (non-hydrogen) atoms. The van der Waals surface area contributed by atoms with Gasteiger partial charge in [-0.15, -0.1) is 0 Å². The number of fused-ring (bicyclic) bond motifs is 1. The fourth-order valence-corrected chi connectivity index (χ4v) is 5.82. The second-order valence-electron chi connectivity index (χ2n) is 9.48. The molecule has 0 unspecified atom stereocenters. The molecule has 4 aromatic rings. The van der Waals surface area contributed by atoms with Crippen molar-refractivity contribution in [3.05, 3.63) is 107 Å². The minimum Gasteiger partial charge on any atom is -0.508 e. The average Bonchev–Trinajstić information content (AvgIpc) is 3.25. The summed E-state index contributed by atoms with van der Waals surface area (Å²) in [4.78, 5) is 0. The van der Waals surface area contributed by atoms with Crippen LogP contribution >= 0.6 is 0 Å². The zero-order valence-corrected chi connectivity index (χ0v) is 21.3. The predicted octanol–water partition coefficient (Wildman–Crippen LogP) is 5.93. The maximum atomic E-state index is 11.2. The molecule has 7 heteroatoms. The van der Waals surface area contributed by atoms with E-state index >= 15 is 0 Å². The van der Waals surface area contributed by atoms with Gasteiger partial charge in [-0.05, 0) is 64.7 Å². The van der Waals surface area contributed by atoms with E-state index in [4.69, 9.17) is 14.2 Å². The number of methoxy groups -OCH3 is 3. The minimum absolute atomic E-state index is 0.0269. The summed E-state index contributed by atoms with van der Waals surface area (Å²) >= 11 is 0. The maximum Gasteiger partial charge on any atom is 0.123 e. The lowest BCUT2D eigenvalue weighted by molar-refractivity contribution is 0.0717. The summed E-state index contributed by atoms with van der Waals surface area (Å²) in [6.07, 6.45) is -0.500. The number of rotatable bonds is 7. The number of ether oxygens (including phenoxy) is 3. The van der Waals surface area contributed by atoms with Gasteiger partial charge in [-0.25, -0.2) is 0 Å². The van der Waals surface area contributed by atoms with Gasteiger partial charge in [0.2, 0.25) is 0 Å². The minimum atomic E-state index is -0.500. The Bertz CT molecular complexity index is 1410. The van der Waals surface area contributed by atoms with E-state index in [0.29, 0.717) is 17.1 Å². The topological polar surface area (TPSA) is 109 Å². The normalized spacial score (nSPS) is 19.1. The second kappa shape index (κ2) is 10.2. The Morgan fingerprint density at radius 2 is 1.21 bits per heavy atom. The fourth-order valence-electron chi connectivity index (χ4n) is 5.82. The van der Waals surface area contributed by atoms with Gasteiger partial charge in [0.05, 0.1) is 20.3 Å². The van der Waals surface area contributed by atoms with Gasteiger partial charge in [0, 0.05) is 42.6 Å². The van der Waals surface area contributed by atoms with Gasteiger partial charge < -0.3 is 34.6 Å². The van der Waals surface area contributed by atoms with Crippen LogP contribution in [0.4, 0.5) is 0 Å². The van der Waals surface area contributed by atoms with Crippen LogP contribution in [0.15, 0.2) is 78.9 Å². The van der Waals surface area contributed by atoms with E-state index in [0.717, 1.165) is 22.3 Å². The molecule has 1 aliphatic carbocycles. The van der Waals surface area contributed by atoms with E-state index < -0.39 is 6.10 Å². The first-order valence-corrected chi connectivity index (χ1v) is 12.2. The largest absolute Gasteiger partial charge is 0.508 e. The Labute approximate surface area is 221 Å². The zero-order valence-electron chi connectivity index (χ0n) is 21.3. The number of phenols is 4. The average molecular weight is 515 g/mol. The van der Waals surface area contributed by atoms with E-state index in [-0.39, 0.29) is 40.8 Å². The highest BCUT2D eigenvalue weighted by atomic mass is 16.5. The number of phenolic OH excluding ortho intramolecular Hbond substituents is 4. The van der Waals surface area contributed by atoms with Crippen LogP contribution in [0, 0.1) is 0 Å². The molecule has 5 rings (SSSR count). The van der Waals surface area contributed by atoms with Crippen LogP contribution in [0.3, 0.4) is 0 Å². The van der Waals surface area contributed by atoms with E-state index in [1.165, 1.54) is 6.07 Å². The Morgan fingerprint density at radius 1 is 0.632 bits per heavy atom. The van der Waals surface area contributed by atoms with Crippen LogP contribution in [0.25, 0.3) is 0 Å². The summed E-state index contributed by atoms with van der Waals surface area (Å²) < 4.78 is 17.3. The quantitative estimate of drug-likeness (QED) is 0.242. The predicted molar refractivity (Wildman–Crippen MR) is 143 cm³/mol. The molecule has 0 saturated carbocycles. The maximum absolute atomic E-state index is 11.2. The smallest absolute Gasteiger partial charge is 0.123 e. The molecule has 7 nitrogen and oxygen atoms in total. The van der Waals surface area contributed by atoms with E-state index in [9.17, 15) is 20.4 Å². The lowest BCUT2D eigenvalue weighted by Gasteiger charge is -2.32. The van der Waals surface area contributed by atoms with E-state index in [2.05, 4.69) is 0 Å². The molecule has 0 fully saturated rings. The molecule has 0 saturated heterocycles. The molecule has 0 aromatic heterocycles. The standard InChI is InChI=1S/C31H30O7/c1-36-23-12-19(13-24(16-23)37-2)28-27(17-4-8-20(32)9-5-17)29-25(14-22(34)15-26(29)35)30(28)31(38-3)18-6-10-21(33)11-7-18/h4-16,27-28,30-35H,1-3H3/t27-,28-,30-,31+/m1/s1. The molecule has 4 N–H and O–H groups in total. The lowest BCUT2D eigenvalue weighted by Crippen LogP contribution is -2.20. The van der Waals surface area contributed by atoms with Gasteiger partial charge in [-0.1, -0.05) is 24.3 Å². The molecule has 196 valence electrons. The molecule has 4 aromatic carbocycles. The highest BCUT2D eigenvalue weighted by Gasteiger charge is 2.48. The molecule has 1 aliphatic rings. The van der Waals surface area contributed by atoms with Crippen molar-refractivity contribution < 1.29 is 34.6 Å². The SMILES string of the molecule is COc1cc(OC)cc([C@@H]2[C@@H](c3ccc(O)cc3)c3c(O)cc(O)cc3[C@H]2[C@@H](OC)c2ccc(O)cc2)c1. The van der Waals surface area contributed by atoms with Crippen molar-refractivity contribution in [2.45, 2.75) is 23.9 Å². The molecule has 4 atom stereocenters. The summed E-state index contributed by atoms with van der Waals surface area (Å²) in [5, 5.41) is 41.7. The molecule has 0 aliphatic heterocycles. The Morgan fingerprint density at radius 3 is 1.76 bits per heavy atom. The molecule has 0 heterocycles. The van der Waals surface area contributed by atoms with Gasteiger partial charge in [-0.2, -0.15) is 0 Å². The van der Waals surface area contributed by atoms with Crippen molar-refractivity contribution in [1.82, 2.24) is 0 Å². The van der Waals surface area contributed by atoms with Crippen molar-refractivity contribution in [2.24, 2.45) is 0 Å². The Kier molecular flexibility index (Phi) is 6.78. The molecule has 0 bridgehead atoms. The van der Waals surface area contributed by atoms with Crippen molar-refractivity contribution in [1.29, 1.82) is 0 Å². The number of aromatic hydroxyl groups is 4. The zero-order chi connectivity index (χ0) is 27.0. The highest BCUT2D eigenvalue weighted by molar-refractivity contribution is 5.61. The number of hydrogen-bond acceptors (Lipinski definition) is 7. The lowest BCUT2D eigenvalue weighted by atomic mass is 9.74. The summed E-state index contributed by atoms with van der Waals surface area (Å²) in [5.41, 5.74) is 4.01. The van der Waals surface area contributed by atoms with Crippen LogP contribution in [0.2, 0.25) is 0 Å². The molecule has 0 amide bonds. The third-order valence-electron chi connectivity index (χ3n) is 7.40. The molecular formula is C31H30O7.